The van der Waals surface area contributed by atoms with Crippen molar-refractivity contribution in [3.05, 3.63) is 35.9 Å². The summed E-state index contributed by atoms with van der Waals surface area (Å²) in [4.78, 5) is 30.1. The molecule has 25 heavy (non-hydrogen) atoms. The van der Waals surface area contributed by atoms with Gasteiger partial charge in [0.1, 0.15) is 0 Å². The number of carbonyl (C=O) groups is 2. The minimum absolute atomic E-state index is 0.0860. The van der Waals surface area contributed by atoms with Gasteiger partial charge in [-0.2, -0.15) is 0 Å². The molecule has 2 heterocycles. The number of rotatable bonds is 4. The minimum Gasteiger partial charge on any atom is -0.351 e. The van der Waals surface area contributed by atoms with E-state index in [9.17, 15) is 9.59 Å². The second-order valence-corrected chi connectivity index (χ2v) is 7.03. The van der Waals surface area contributed by atoms with Crippen LogP contribution in [0.15, 0.2) is 30.3 Å². The molecule has 2 fully saturated rings. The number of primary amides is 1. The number of hydrogen-bond donors (Lipinski definition) is 1. The lowest BCUT2D eigenvalue weighted by Crippen LogP contribution is -2.53. The van der Waals surface area contributed by atoms with Crippen molar-refractivity contribution in [2.45, 2.75) is 19.3 Å². The number of piperidine rings is 1. The molecule has 136 valence electrons. The molecule has 0 aliphatic carbocycles. The summed E-state index contributed by atoms with van der Waals surface area (Å²) in [6, 6.07) is 10.1. The predicted octanol–water partition coefficient (Wildman–Crippen LogP) is 1.16. The highest BCUT2D eigenvalue weighted by Crippen LogP contribution is 2.19. The van der Waals surface area contributed by atoms with Crippen molar-refractivity contribution < 1.29 is 9.59 Å². The first kappa shape index (κ1) is 17.7. The van der Waals surface area contributed by atoms with Crippen molar-refractivity contribution >= 4 is 11.9 Å². The van der Waals surface area contributed by atoms with E-state index in [4.69, 9.17) is 5.73 Å². The van der Waals surface area contributed by atoms with E-state index in [0.717, 1.165) is 52.0 Å². The number of amides is 3. The SMILES string of the molecule is NC(=O)N1CCC[C@@H](C(=O)N2CCN(CCc3ccccc3)CC2)C1. The quantitative estimate of drug-likeness (QED) is 0.891. The summed E-state index contributed by atoms with van der Waals surface area (Å²) in [5.41, 5.74) is 6.72. The number of benzene rings is 1. The van der Waals surface area contributed by atoms with E-state index in [1.165, 1.54) is 5.56 Å². The van der Waals surface area contributed by atoms with Gasteiger partial charge >= 0.3 is 6.03 Å². The van der Waals surface area contributed by atoms with Crippen LogP contribution in [0.4, 0.5) is 4.79 Å². The number of likely N-dealkylation sites (tertiary alicyclic amines) is 1. The Morgan fingerprint density at radius 3 is 2.40 bits per heavy atom. The molecule has 0 spiro atoms. The molecule has 6 heteroatoms. The maximum Gasteiger partial charge on any atom is 0.314 e. The molecule has 0 bridgehead atoms. The second kappa shape index (κ2) is 8.34. The summed E-state index contributed by atoms with van der Waals surface area (Å²) >= 11 is 0. The van der Waals surface area contributed by atoms with Crippen LogP contribution in [-0.2, 0) is 11.2 Å². The van der Waals surface area contributed by atoms with Gasteiger partial charge in [0, 0.05) is 45.8 Å². The molecule has 2 aliphatic rings. The van der Waals surface area contributed by atoms with Crippen molar-refractivity contribution in [3.8, 4) is 0 Å². The first-order valence-corrected chi connectivity index (χ1v) is 9.23. The number of carbonyl (C=O) groups excluding carboxylic acids is 2. The Morgan fingerprint density at radius 2 is 1.72 bits per heavy atom. The van der Waals surface area contributed by atoms with E-state index in [2.05, 4.69) is 29.2 Å². The van der Waals surface area contributed by atoms with Crippen LogP contribution in [0.5, 0.6) is 0 Å². The maximum atomic E-state index is 12.7. The molecule has 2 N–H and O–H groups in total. The van der Waals surface area contributed by atoms with Gasteiger partial charge in [-0.1, -0.05) is 30.3 Å². The van der Waals surface area contributed by atoms with Gasteiger partial charge in [0.25, 0.3) is 0 Å². The molecule has 3 amide bonds. The average molecular weight is 344 g/mol. The molecular formula is C19H28N4O2. The third kappa shape index (κ3) is 4.72. The Hall–Kier alpha value is -2.08. The normalized spacial score (nSPS) is 22.0. The summed E-state index contributed by atoms with van der Waals surface area (Å²) in [6.45, 7) is 5.58. The molecule has 1 aromatic carbocycles. The zero-order valence-corrected chi connectivity index (χ0v) is 14.8. The predicted molar refractivity (Wildman–Crippen MR) is 97.0 cm³/mol. The Morgan fingerprint density at radius 1 is 1.00 bits per heavy atom. The van der Waals surface area contributed by atoms with Crippen molar-refractivity contribution in [1.82, 2.24) is 14.7 Å². The van der Waals surface area contributed by atoms with Gasteiger partial charge in [-0.3, -0.25) is 9.69 Å². The summed E-state index contributed by atoms with van der Waals surface area (Å²) in [5, 5.41) is 0. The molecule has 2 saturated heterocycles. The summed E-state index contributed by atoms with van der Waals surface area (Å²) in [6.07, 6.45) is 2.76. The van der Waals surface area contributed by atoms with Crippen molar-refractivity contribution in [2.24, 2.45) is 11.7 Å². The van der Waals surface area contributed by atoms with Gasteiger partial charge in [-0.05, 0) is 24.8 Å². The molecule has 3 rings (SSSR count). The van der Waals surface area contributed by atoms with E-state index in [-0.39, 0.29) is 11.8 Å². The Kier molecular flexibility index (Phi) is 5.91. The van der Waals surface area contributed by atoms with Crippen LogP contribution in [0, 0.1) is 5.92 Å². The molecule has 0 radical (unpaired) electrons. The zero-order valence-electron chi connectivity index (χ0n) is 14.8. The van der Waals surface area contributed by atoms with E-state index in [1.807, 2.05) is 11.0 Å². The molecule has 2 aliphatic heterocycles. The lowest BCUT2D eigenvalue weighted by Gasteiger charge is -2.38. The molecule has 0 aromatic heterocycles. The monoisotopic (exact) mass is 344 g/mol. The molecule has 0 unspecified atom stereocenters. The third-order valence-electron chi connectivity index (χ3n) is 5.33. The minimum atomic E-state index is -0.414. The van der Waals surface area contributed by atoms with E-state index in [0.29, 0.717) is 13.1 Å². The number of nitrogens with zero attached hydrogens (tertiary/aromatic N) is 3. The molecule has 6 nitrogen and oxygen atoms in total. The Balaban J connectivity index is 1.43. The molecule has 1 atom stereocenters. The number of piperazine rings is 1. The summed E-state index contributed by atoms with van der Waals surface area (Å²) in [5.74, 6) is 0.103. The fourth-order valence-corrected chi connectivity index (χ4v) is 3.76. The summed E-state index contributed by atoms with van der Waals surface area (Å²) in [7, 11) is 0. The molecular weight excluding hydrogens is 316 g/mol. The lowest BCUT2D eigenvalue weighted by molar-refractivity contribution is -0.138. The van der Waals surface area contributed by atoms with Crippen LogP contribution >= 0.6 is 0 Å². The molecule has 1 aromatic rings. The van der Waals surface area contributed by atoms with Crippen LogP contribution < -0.4 is 5.73 Å². The van der Waals surface area contributed by atoms with E-state index < -0.39 is 6.03 Å². The third-order valence-corrected chi connectivity index (χ3v) is 5.33. The first-order valence-electron chi connectivity index (χ1n) is 9.23. The number of nitrogens with two attached hydrogens (primary N) is 1. The zero-order chi connectivity index (χ0) is 17.6. The second-order valence-electron chi connectivity index (χ2n) is 7.03. The van der Waals surface area contributed by atoms with Gasteiger partial charge in [0.2, 0.25) is 5.91 Å². The topological polar surface area (TPSA) is 69.9 Å². The number of hydrogen-bond acceptors (Lipinski definition) is 3. The van der Waals surface area contributed by atoms with Crippen LogP contribution in [0.1, 0.15) is 18.4 Å². The van der Waals surface area contributed by atoms with Gasteiger partial charge < -0.3 is 15.5 Å². The lowest BCUT2D eigenvalue weighted by atomic mass is 9.96. The van der Waals surface area contributed by atoms with Gasteiger partial charge in [0.15, 0.2) is 0 Å². The highest BCUT2D eigenvalue weighted by molar-refractivity contribution is 5.80. The van der Waals surface area contributed by atoms with E-state index >= 15 is 0 Å². The highest BCUT2D eigenvalue weighted by Gasteiger charge is 2.31. The van der Waals surface area contributed by atoms with Crippen LogP contribution in [0.25, 0.3) is 0 Å². The fourth-order valence-electron chi connectivity index (χ4n) is 3.76. The smallest absolute Gasteiger partial charge is 0.314 e. The Labute approximate surface area is 149 Å². The first-order chi connectivity index (χ1) is 12.1. The van der Waals surface area contributed by atoms with E-state index in [1.54, 1.807) is 4.90 Å². The Bertz CT molecular complexity index is 584. The van der Waals surface area contributed by atoms with Crippen LogP contribution in [-0.4, -0.2) is 72.5 Å². The van der Waals surface area contributed by atoms with Crippen molar-refractivity contribution in [3.63, 3.8) is 0 Å². The van der Waals surface area contributed by atoms with Gasteiger partial charge in [-0.25, -0.2) is 4.79 Å². The largest absolute Gasteiger partial charge is 0.351 e. The molecule has 0 saturated carbocycles. The van der Waals surface area contributed by atoms with Crippen molar-refractivity contribution in [1.29, 1.82) is 0 Å². The van der Waals surface area contributed by atoms with Gasteiger partial charge in [0.05, 0.1) is 5.92 Å². The average Bonchev–Trinajstić information content (AvgIpc) is 2.67. The van der Waals surface area contributed by atoms with Gasteiger partial charge in [-0.15, -0.1) is 0 Å². The van der Waals surface area contributed by atoms with Crippen LogP contribution in [0.2, 0.25) is 0 Å². The fraction of sp³-hybridized carbons (Fsp3) is 0.579. The highest BCUT2D eigenvalue weighted by atomic mass is 16.2. The maximum absolute atomic E-state index is 12.7. The summed E-state index contributed by atoms with van der Waals surface area (Å²) < 4.78 is 0. The number of urea groups is 1. The van der Waals surface area contributed by atoms with Crippen molar-refractivity contribution in [2.75, 3.05) is 45.8 Å². The van der Waals surface area contributed by atoms with Crippen LogP contribution in [0.3, 0.4) is 0 Å². The standard InChI is InChI=1S/C19H28N4O2/c20-19(25)23-9-4-7-17(15-23)18(24)22-13-11-21(12-14-22)10-8-16-5-2-1-3-6-16/h1-3,5-6,17H,4,7-15H2,(H2,20,25)/t17-/m1/s1.